The van der Waals surface area contributed by atoms with Gasteiger partial charge < -0.3 is 10.1 Å². The Balaban J connectivity index is 1.59. The maximum Gasteiger partial charge on any atom is 0.273 e. The van der Waals surface area contributed by atoms with Gasteiger partial charge in [0.1, 0.15) is 16.5 Å². The number of rotatable bonds is 7. The fourth-order valence-electron chi connectivity index (χ4n) is 5.22. The summed E-state index contributed by atoms with van der Waals surface area (Å²) in [6.45, 7) is 7.27. The van der Waals surface area contributed by atoms with Crippen LogP contribution in [-0.2, 0) is 20.2 Å². The van der Waals surface area contributed by atoms with Crippen molar-refractivity contribution in [3.8, 4) is 17.5 Å². The molecule has 1 aromatic heterocycles. The van der Waals surface area contributed by atoms with Gasteiger partial charge in [-0.3, -0.25) is 14.2 Å². The second-order valence-electron chi connectivity index (χ2n) is 12.1. The topological polar surface area (TPSA) is 122 Å². The van der Waals surface area contributed by atoms with E-state index in [2.05, 4.69) is 26.1 Å². The largest absolute Gasteiger partial charge is 0.497 e. The lowest BCUT2D eigenvalue weighted by Crippen LogP contribution is -2.35. The predicted molar refractivity (Wildman–Crippen MR) is 181 cm³/mol. The number of carbonyl (C=O) groups is 1. The summed E-state index contributed by atoms with van der Waals surface area (Å²) < 4.78 is 35.0. The molecule has 0 aliphatic carbocycles. The first-order valence-corrected chi connectivity index (χ1v) is 17.2. The van der Waals surface area contributed by atoms with Crippen molar-refractivity contribution < 1.29 is 17.9 Å². The van der Waals surface area contributed by atoms with Crippen molar-refractivity contribution in [3.05, 3.63) is 103 Å². The van der Waals surface area contributed by atoms with Crippen LogP contribution in [0.25, 0.3) is 17.3 Å². The van der Waals surface area contributed by atoms with Crippen LogP contribution in [-0.4, -0.2) is 43.4 Å². The predicted octanol–water partition coefficient (Wildman–Crippen LogP) is 4.52. The second kappa shape index (κ2) is 13.5. The van der Waals surface area contributed by atoms with Crippen molar-refractivity contribution in [1.82, 2.24) is 8.87 Å². The minimum Gasteiger partial charge on any atom is -0.497 e. The smallest absolute Gasteiger partial charge is 0.273 e. The van der Waals surface area contributed by atoms with Gasteiger partial charge in [0.15, 0.2) is 5.57 Å². The highest BCUT2D eigenvalue weighted by molar-refractivity contribution is 7.89. The van der Waals surface area contributed by atoms with Crippen molar-refractivity contribution >= 4 is 44.6 Å². The quantitative estimate of drug-likeness (QED) is 0.312. The second-order valence-corrected chi connectivity index (χ2v) is 15.0. The molecule has 1 amide bonds. The number of hydrogen-bond acceptors (Lipinski definition) is 7. The lowest BCUT2D eigenvalue weighted by atomic mass is 9.87. The van der Waals surface area contributed by atoms with E-state index in [-0.39, 0.29) is 31.8 Å². The van der Waals surface area contributed by atoms with Gasteiger partial charge in [-0.1, -0.05) is 57.5 Å². The molecular weight excluding hydrogens is 621 g/mol. The summed E-state index contributed by atoms with van der Waals surface area (Å²) in [6, 6.07) is 22.6. The standard InChI is InChI=1S/C35H36N4O5S2/c1-35(2,3)25-13-11-24(12-14-25)21-31-33(41)39(27-15-17-28(44-4)18-16-27)34(45-31)30(23-36)32(40)37-26-9-8-10-29(22-26)46(42,43)38-19-6-5-7-20-38/h8-18,21-22H,5-7,19-20H2,1-4H3,(H,37,40). The van der Waals surface area contributed by atoms with Crippen molar-refractivity contribution in [2.75, 3.05) is 25.5 Å². The van der Waals surface area contributed by atoms with E-state index in [4.69, 9.17) is 4.74 Å². The summed E-state index contributed by atoms with van der Waals surface area (Å²) in [5.41, 5.74) is 1.92. The number of nitrogens with one attached hydrogen (secondary N) is 1. The van der Waals surface area contributed by atoms with Gasteiger partial charge in [-0.05, 0) is 77.9 Å². The van der Waals surface area contributed by atoms with Crippen LogP contribution in [0.5, 0.6) is 5.75 Å². The van der Waals surface area contributed by atoms with E-state index in [1.165, 1.54) is 28.1 Å². The van der Waals surface area contributed by atoms with Gasteiger partial charge in [0.05, 0.1) is 22.2 Å². The highest BCUT2D eigenvalue weighted by Gasteiger charge is 2.26. The highest BCUT2D eigenvalue weighted by Crippen LogP contribution is 2.24. The first kappa shape index (κ1) is 32.9. The average molecular weight is 657 g/mol. The van der Waals surface area contributed by atoms with Gasteiger partial charge in [-0.2, -0.15) is 9.57 Å². The summed E-state index contributed by atoms with van der Waals surface area (Å²) in [5.74, 6) is -0.180. The summed E-state index contributed by atoms with van der Waals surface area (Å²) >= 11 is 1.03. The number of anilines is 1. The molecular formula is C35H36N4O5S2. The molecule has 0 bridgehead atoms. The fourth-order valence-corrected chi connectivity index (χ4v) is 7.89. The molecule has 4 aromatic rings. The molecule has 46 heavy (non-hydrogen) atoms. The van der Waals surface area contributed by atoms with Crippen LogP contribution >= 0.6 is 11.3 Å². The number of thiazole rings is 1. The first-order chi connectivity index (χ1) is 21.9. The zero-order chi connectivity index (χ0) is 33.1. The third-order valence-corrected chi connectivity index (χ3v) is 10.8. The number of aromatic nitrogens is 1. The molecule has 11 heteroatoms. The number of sulfonamides is 1. The first-order valence-electron chi connectivity index (χ1n) is 15.0. The third kappa shape index (κ3) is 6.99. The Morgan fingerprint density at radius 3 is 2.28 bits per heavy atom. The Hall–Kier alpha value is -4.50. The monoisotopic (exact) mass is 656 g/mol. The van der Waals surface area contributed by atoms with E-state index in [0.717, 1.165) is 41.7 Å². The van der Waals surface area contributed by atoms with E-state index < -0.39 is 15.9 Å². The van der Waals surface area contributed by atoms with Crippen LogP contribution in [0.3, 0.4) is 0 Å². The Labute approximate surface area is 272 Å². The molecule has 3 aromatic carbocycles. The summed E-state index contributed by atoms with van der Waals surface area (Å²) in [6.07, 6.45) is 4.33. The SMILES string of the molecule is COc1ccc(-n2c(=C(C#N)C(=O)Nc3cccc(S(=O)(=O)N4CCCCC4)c3)sc(=Cc3ccc(C(C)(C)C)cc3)c2=O)cc1. The van der Waals surface area contributed by atoms with Gasteiger partial charge in [-0.15, -0.1) is 11.3 Å². The van der Waals surface area contributed by atoms with E-state index in [1.54, 1.807) is 42.5 Å². The van der Waals surface area contributed by atoms with Gasteiger partial charge >= 0.3 is 0 Å². The van der Waals surface area contributed by atoms with Crippen molar-refractivity contribution in [1.29, 1.82) is 5.26 Å². The Kier molecular flexibility index (Phi) is 9.63. The lowest BCUT2D eigenvalue weighted by Gasteiger charge is -2.26. The number of methoxy groups -OCH3 is 1. The van der Waals surface area contributed by atoms with Crippen LogP contribution < -0.4 is 24.8 Å². The molecule has 1 saturated heterocycles. The number of benzene rings is 3. The molecule has 0 saturated carbocycles. The molecule has 0 unspecified atom stereocenters. The van der Waals surface area contributed by atoms with Crippen LogP contribution in [0.4, 0.5) is 5.69 Å². The normalized spacial score (nSPS) is 15.2. The molecule has 0 atom stereocenters. The van der Waals surface area contributed by atoms with Gasteiger partial charge in [0.25, 0.3) is 11.5 Å². The van der Waals surface area contributed by atoms with Crippen LogP contribution in [0, 0.1) is 11.3 Å². The lowest BCUT2D eigenvalue weighted by molar-refractivity contribution is -0.111. The maximum atomic E-state index is 13.9. The van der Waals surface area contributed by atoms with Crippen LogP contribution in [0.2, 0.25) is 0 Å². The summed E-state index contributed by atoms with van der Waals surface area (Å²) in [5, 5.41) is 12.9. The third-order valence-electron chi connectivity index (χ3n) is 7.83. The Morgan fingerprint density at radius 1 is 1.00 bits per heavy atom. The summed E-state index contributed by atoms with van der Waals surface area (Å²) in [4.78, 5) is 27.6. The zero-order valence-corrected chi connectivity index (χ0v) is 27.9. The summed E-state index contributed by atoms with van der Waals surface area (Å²) in [7, 11) is -2.20. The Morgan fingerprint density at radius 2 is 1.67 bits per heavy atom. The minimum absolute atomic E-state index is 0.0308. The average Bonchev–Trinajstić information content (AvgIpc) is 3.36. The molecule has 238 valence electrons. The number of piperidine rings is 1. The van der Waals surface area contributed by atoms with E-state index in [0.29, 0.717) is 29.1 Å². The Bertz CT molecular complexity index is 2080. The molecule has 1 N–H and O–H groups in total. The van der Waals surface area contributed by atoms with E-state index in [1.807, 2.05) is 30.3 Å². The number of nitrogens with zero attached hydrogens (tertiary/aromatic N) is 3. The highest BCUT2D eigenvalue weighted by atomic mass is 32.2. The number of nitriles is 1. The van der Waals surface area contributed by atoms with Gasteiger partial charge in [-0.25, -0.2) is 8.42 Å². The molecule has 0 spiro atoms. The van der Waals surface area contributed by atoms with Crippen molar-refractivity contribution in [2.24, 2.45) is 0 Å². The zero-order valence-electron chi connectivity index (χ0n) is 26.2. The molecule has 0 radical (unpaired) electrons. The molecule has 9 nitrogen and oxygen atoms in total. The molecule has 5 rings (SSSR count). The molecule has 1 aliphatic rings. The number of ether oxygens (including phenoxy) is 1. The fraction of sp³-hybridized carbons (Fsp3) is 0.286. The number of amides is 1. The van der Waals surface area contributed by atoms with Gasteiger partial charge in [0, 0.05) is 18.8 Å². The van der Waals surface area contributed by atoms with Gasteiger partial charge in [0.2, 0.25) is 10.0 Å². The van der Waals surface area contributed by atoms with E-state index in [9.17, 15) is 23.3 Å². The molecule has 1 fully saturated rings. The molecule has 1 aliphatic heterocycles. The number of carbonyl (C=O) groups excluding carboxylic acids is 1. The molecule has 2 heterocycles. The minimum atomic E-state index is -3.74. The van der Waals surface area contributed by atoms with Crippen LogP contribution in [0.1, 0.15) is 51.2 Å². The van der Waals surface area contributed by atoms with Crippen molar-refractivity contribution in [3.63, 3.8) is 0 Å². The van der Waals surface area contributed by atoms with Crippen LogP contribution in [0.15, 0.2) is 82.5 Å². The maximum absolute atomic E-state index is 13.9. The number of hydrogen-bond donors (Lipinski definition) is 1. The van der Waals surface area contributed by atoms with Crippen molar-refractivity contribution in [2.45, 2.75) is 50.3 Å². The van der Waals surface area contributed by atoms with E-state index >= 15 is 0 Å².